The van der Waals surface area contributed by atoms with Crippen molar-refractivity contribution in [3.8, 4) is 23.0 Å². The number of para-hydroxylation sites is 3. The molecule has 29 heavy (non-hydrogen) atoms. The standard InChI is InChI=1S/C24H23NO4/c1-18(17-28-23-21(26-2)15-10-16-22(23)27-3)24(25-19-11-6-4-7-12-19)29-20-13-8-5-9-14-20/h4-17H,1-3H3. The zero-order chi connectivity index (χ0) is 20.5. The topological polar surface area (TPSA) is 49.3 Å². The first-order valence-electron chi connectivity index (χ1n) is 9.12. The Morgan fingerprint density at radius 3 is 1.93 bits per heavy atom. The van der Waals surface area contributed by atoms with Gasteiger partial charge in [0.15, 0.2) is 11.5 Å². The summed E-state index contributed by atoms with van der Waals surface area (Å²) < 4.78 is 22.7. The van der Waals surface area contributed by atoms with Crippen LogP contribution in [0.2, 0.25) is 0 Å². The second-order valence-electron chi connectivity index (χ2n) is 6.08. The van der Waals surface area contributed by atoms with Gasteiger partial charge in [-0.2, -0.15) is 0 Å². The van der Waals surface area contributed by atoms with E-state index in [9.17, 15) is 0 Å². The Bertz CT molecular complexity index is 960. The van der Waals surface area contributed by atoms with Crippen molar-refractivity contribution < 1.29 is 18.9 Å². The molecule has 0 spiro atoms. The summed E-state index contributed by atoms with van der Waals surface area (Å²) >= 11 is 0. The van der Waals surface area contributed by atoms with Crippen LogP contribution in [-0.4, -0.2) is 20.1 Å². The second-order valence-corrected chi connectivity index (χ2v) is 6.08. The molecule has 3 aromatic rings. The van der Waals surface area contributed by atoms with Crippen LogP contribution in [0.4, 0.5) is 5.69 Å². The maximum Gasteiger partial charge on any atom is 0.225 e. The Hall–Kier alpha value is -3.73. The molecule has 0 heterocycles. The van der Waals surface area contributed by atoms with Gasteiger partial charge in [-0.25, -0.2) is 4.99 Å². The Morgan fingerprint density at radius 2 is 1.34 bits per heavy atom. The van der Waals surface area contributed by atoms with Crippen molar-refractivity contribution in [1.29, 1.82) is 0 Å². The van der Waals surface area contributed by atoms with Crippen LogP contribution < -0.4 is 18.9 Å². The molecule has 0 fully saturated rings. The lowest BCUT2D eigenvalue weighted by Gasteiger charge is -2.13. The monoisotopic (exact) mass is 389 g/mol. The highest BCUT2D eigenvalue weighted by molar-refractivity contribution is 5.96. The van der Waals surface area contributed by atoms with Crippen LogP contribution in [0, 0.1) is 0 Å². The summed E-state index contributed by atoms with van der Waals surface area (Å²) in [4.78, 5) is 4.63. The van der Waals surface area contributed by atoms with Crippen molar-refractivity contribution >= 4 is 11.6 Å². The minimum atomic E-state index is 0.427. The largest absolute Gasteiger partial charge is 0.493 e. The molecule has 0 aliphatic carbocycles. The summed E-state index contributed by atoms with van der Waals surface area (Å²) in [5, 5.41) is 0. The van der Waals surface area contributed by atoms with Gasteiger partial charge in [-0.3, -0.25) is 0 Å². The number of ether oxygens (including phenoxy) is 4. The number of hydrogen-bond acceptors (Lipinski definition) is 5. The predicted molar refractivity (Wildman–Crippen MR) is 115 cm³/mol. The van der Waals surface area contributed by atoms with Crippen LogP contribution in [0.1, 0.15) is 6.92 Å². The zero-order valence-electron chi connectivity index (χ0n) is 16.7. The minimum absolute atomic E-state index is 0.427. The van der Waals surface area contributed by atoms with Gasteiger partial charge in [0.05, 0.1) is 26.2 Å². The first-order valence-corrected chi connectivity index (χ1v) is 9.12. The normalized spacial score (nSPS) is 11.7. The Labute approximate surface area is 170 Å². The maximum atomic E-state index is 6.02. The van der Waals surface area contributed by atoms with E-state index < -0.39 is 0 Å². The fraction of sp³-hybridized carbons (Fsp3) is 0.125. The van der Waals surface area contributed by atoms with Crippen LogP contribution in [-0.2, 0) is 0 Å². The van der Waals surface area contributed by atoms with Crippen LogP contribution in [0.3, 0.4) is 0 Å². The maximum absolute atomic E-state index is 6.02. The van der Waals surface area contributed by atoms with E-state index in [1.807, 2.05) is 73.7 Å². The van der Waals surface area contributed by atoms with E-state index in [1.54, 1.807) is 32.6 Å². The van der Waals surface area contributed by atoms with Crippen molar-refractivity contribution in [2.75, 3.05) is 14.2 Å². The van der Waals surface area contributed by atoms with E-state index in [4.69, 9.17) is 18.9 Å². The van der Waals surface area contributed by atoms with Gasteiger partial charge >= 0.3 is 0 Å². The summed E-state index contributed by atoms with van der Waals surface area (Å²) in [7, 11) is 3.16. The van der Waals surface area contributed by atoms with E-state index in [-0.39, 0.29) is 0 Å². The van der Waals surface area contributed by atoms with Crippen LogP contribution in [0.15, 0.2) is 95.7 Å². The molecule has 0 saturated carbocycles. The van der Waals surface area contributed by atoms with Gasteiger partial charge < -0.3 is 18.9 Å². The number of benzene rings is 3. The zero-order valence-corrected chi connectivity index (χ0v) is 16.7. The third-order valence-electron chi connectivity index (χ3n) is 4.02. The lowest BCUT2D eigenvalue weighted by atomic mass is 10.3. The number of hydrogen-bond donors (Lipinski definition) is 0. The molecular formula is C24H23NO4. The van der Waals surface area contributed by atoms with Crippen molar-refractivity contribution in [2.45, 2.75) is 6.92 Å². The Kier molecular flexibility index (Phi) is 6.90. The third-order valence-corrected chi connectivity index (χ3v) is 4.02. The fourth-order valence-electron chi connectivity index (χ4n) is 2.54. The molecular weight excluding hydrogens is 366 g/mol. The van der Waals surface area contributed by atoms with E-state index in [1.165, 1.54) is 0 Å². The second kappa shape index (κ2) is 9.99. The van der Waals surface area contributed by atoms with Crippen LogP contribution in [0.5, 0.6) is 23.0 Å². The molecule has 148 valence electrons. The Morgan fingerprint density at radius 1 is 0.759 bits per heavy atom. The van der Waals surface area contributed by atoms with Crippen molar-refractivity contribution in [3.63, 3.8) is 0 Å². The molecule has 5 heteroatoms. The van der Waals surface area contributed by atoms with Gasteiger partial charge in [0, 0.05) is 5.57 Å². The first-order chi connectivity index (χ1) is 14.2. The molecule has 0 saturated heterocycles. The van der Waals surface area contributed by atoms with Gasteiger partial charge in [0.25, 0.3) is 0 Å². The van der Waals surface area contributed by atoms with Crippen molar-refractivity contribution in [1.82, 2.24) is 0 Å². The molecule has 0 bridgehead atoms. The molecule has 0 aliphatic heterocycles. The first kappa shape index (κ1) is 20.0. The molecule has 0 radical (unpaired) electrons. The fourth-order valence-corrected chi connectivity index (χ4v) is 2.54. The van der Waals surface area contributed by atoms with Crippen LogP contribution in [0.25, 0.3) is 0 Å². The van der Waals surface area contributed by atoms with E-state index in [0.29, 0.717) is 34.5 Å². The lowest BCUT2D eigenvalue weighted by Crippen LogP contribution is -2.11. The molecule has 3 aromatic carbocycles. The molecule has 0 aromatic heterocycles. The van der Waals surface area contributed by atoms with Crippen molar-refractivity contribution in [3.05, 3.63) is 90.7 Å². The van der Waals surface area contributed by atoms with Gasteiger partial charge in [-0.05, 0) is 43.3 Å². The quantitative estimate of drug-likeness (QED) is 0.291. The number of aliphatic imine (C=N–C) groups is 1. The minimum Gasteiger partial charge on any atom is -0.493 e. The number of rotatable bonds is 7. The smallest absolute Gasteiger partial charge is 0.225 e. The molecule has 3 rings (SSSR count). The average molecular weight is 389 g/mol. The highest BCUT2D eigenvalue weighted by Crippen LogP contribution is 2.37. The average Bonchev–Trinajstić information content (AvgIpc) is 2.78. The summed E-state index contributed by atoms with van der Waals surface area (Å²) in [5.41, 5.74) is 1.48. The van der Waals surface area contributed by atoms with Gasteiger partial charge in [0.2, 0.25) is 11.6 Å². The lowest BCUT2D eigenvalue weighted by molar-refractivity contribution is 0.344. The summed E-state index contributed by atoms with van der Waals surface area (Å²) in [5.74, 6) is 2.73. The van der Waals surface area contributed by atoms with Gasteiger partial charge in [0.1, 0.15) is 5.75 Å². The van der Waals surface area contributed by atoms with Crippen molar-refractivity contribution in [2.24, 2.45) is 4.99 Å². The molecule has 0 amide bonds. The summed E-state index contributed by atoms with van der Waals surface area (Å²) in [6.07, 6.45) is 1.57. The summed E-state index contributed by atoms with van der Waals surface area (Å²) in [6.45, 7) is 1.87. The SMILES string of the molecule is COc1cccc(OC)c1OC=C(C)C(=Nc1ccccc1)Oc1ccccc1. The highest BCUT2D eigenvalue weighted by Gasteiger charge is 2.12. The van der Waals surface area contributed by atoms with Gasteiger partial charge in [-0.1, -0.05) is 42.5 Å². The van der Waals surface area contributed by atoms with Crippen LogP contribution >= 0.6 is 0 Å². The van der Waals surface area contributed by atoms with Gasteiger partial charge in [-0.15, -0.1) is 0 Å². The molecule has 0 unspecified atom stereocenters. The molecule has 0 atom stereocenters. The van der Waals surface area contributed by atoms with E-state index >= 15 is 0 Å². The predicted octanol–water partition coefficient (Wildman–Crippen LogP) is 5.80. The summed E-state index contributed by atoms with van der Waals surface area (Å²) in [6, 6.07) is 24.5. The number of methoxy groups -OCH3 is 2. The number of nitrogens with zero attached hydrogens (tertiary/aromatic N) is 1. The molecule has 0 N–H and O–H groups in total. The molecule has 0 aliphatic rings. The highest BCUT2D eigenvalue weighted by atomic mass is 16.5. The Balaban J connectivity index is 1.92. The molecule has 5 nitrogen and oxygen atoms in total. The van der Waals surface area contributed by atoms with E-state index in [2.05, 4.69) is 4.99 Å². The van der Waals surface area contributed by atoms with E-state index in [0.717, 1.165) is 5.69 Å². The third kappa shape index (κ3) is 5.39.